The van der Waals surface area contributed by atoms with Crippen LogP contribution in [0.3, 0.4) is 0 Å². The van der Waals surface area contributed by atoms with Crippen LogP contribution in [0, 0.1) is 19.8 Å². The third-order valence-electron chi connectivity index (χ3n) is 7.52. The van der Waals surface area contributed by atoms with Crippen molar-refractivity contribution in [3.63, 3.8) is 0 Å². The number of benzene rings is 2. The standard InChI is InChI=1S/C29H38N4OS/c1-22-9-4-6-11-24(22)19-25-20-34-21-27-28(25)30-33(29(27)26-12-7-5-10-23(26)2)35-18-8-13-32-16-14-31(3)15-17-32/h4-7,9-12,19,27,29H,8,13-18,20-21H2,1-3H3. The summed E-state index contributed by atoms with van der Waals surface area (Å²) in [5.74, 6) is 1.33. The molecule has 0 spiro atoms. The van der Waals surface area contributed by atoms with Crippen LogP contribution in [0.25, 0.3) is 6.08 Å². The molecule has 3 aliphatic heterocycles. The zero-order chi connectivity index (χ0) is 24.2. The number of piperazine rings is 1. The Labute approximate surface area is 215 Å². The van der Waals surface area contributed by atoms with E-state index in [1.807, 2.05) is 11.9 Å². The van der Waals surface area contributed by atoms with Gasteiger partial charge in [-0.2, -0.15) is 5.10 Å². The van der Waals surface area contributed by atoms with Gasteiger partial charge in [-0.1, -0.05) is 48.5 Å². The zero-order valence-electron chi connectivity index (χ0n) is 21.3. The highest BCUT2D eigenvalue weighted by Crippen LogP contribution is 2.44. The van der Waals surface area contributed by atoms with Gasteiger partial charge in [-0.05, 0) is 74.1 Å². The van der Waals surface area contributed by atoms with Gasteiger partial charge in [-0.15, -0.1) is 0 Å². The maximum absolute atomic E-state index is 6.17. The summed E-state index contributed by atoms with van der Waals surface area (Å²) in [5, 5.41) is 5.25. The molecule has 5 nitrogen and oxygen atoms in total. The first-order chi connectivity index (χ1) is 17.1. The fourth-order valence-electron chi connectivity index (χ4n) is 5.32. The molecule has 2 fully saturated rings. The highest BCUT2D eigenvalue weighted by atomic mass is 32.2. The van der Waals surface area contributed by atoms with Crippen LogP contribution in [0.1, 0.15) is 34.7 Å². The Morgan fingerprint density at radius 2 is 1.74 bits per heavy atom. The van der Waals surface area contributed by atoms with Crippen LogP contribution in [0.2, 0.25) is 0 Å². The van der Waals surface area contributed by atoms with Gasteiger partial charge in [0.05, 0.1) is 30.9 Å². The van der Waals surface area contributed by atoms with E-state index in [2.05, 4.69) is 89.7 Å². The van der Waals surface area contributed by atoms with Crippen molar-refractivity contribution in [2.75, 3.05) is 58.7 Å². The van der Waals surface area contributed by atoms with Crippen molar-refractivity contribution in [2.45, 2.75) is 26.3 Å². The van der Waals surface area contributed by atoms with Gasteiger partial charge >= 0.3 is 0 Å². The summed E-state index contributed by atoms with van der Waals surface area (Å²) in [6.07, 6.45) is 3.47. The van der Waals surface area contributed by atoms with Crippen molar-refractivity contribution >= 4 is 23.7 Å². The normalized spacial score (nSPS) is 24.6. The summed E-state index contributed by atoms with van der Waals surface area (Å²) in [7, 11) is 2.22. The minimum absolute atomic E-state index is 0.209. The molecule has 0 radical (unpaired) electrons. The topological polar surface area (TPSA) is 31.3 Å². The second-order valence-corrected chi connectivity index (χ2v) is 11.1. The smallest absolute Gasteiger partial charge is 0.0950 e. The summed E-state index contributed by atoms with van der Waals surface area (Å²) in [6, 6.07) is 17.5. The summed E-state index contributed by atoms with van der Waals surface area (Å²) >= 11 is 1.89. The molecule has 2 saturated heterocycles. The number of fused-ring (bicyclic) bond motifs is 1. The van der Waals surface area contributed by atoms with E-state index in [-0.39, 0.29) is 12.0 Å². The molecule has 186 valence electrons. The van der Waals surface area contributed by atoms with Crippen LogP contribution in [-0.4, -0.2) is 78.7 Å². The van der Waals surface area contributed by atoms with E-state index in [9.17, 15) is 0 Å². The van der Waals surface area contributed by atoms with Crippen molar-refractivity contribution in [3.8, 4) is 0 Å². The Bertz CT molecular complexity index is 1080. The van der Waals surface area contributed by atoms with Crippen molar-refractivity contribution in [2.24, 2.45) is 11.0 Å². The molecule has 0 amide bonds. The van der Waals surface area contributed by atoms with Crippen LogP contribution in [0.4, 0.5) is 0 Å². The molecule has 3 aliphatic rings. The lowest BCUT2D eigenvalue weighted by atomic mass is 9.84. The van der Waals surface area contributed by atoms with Crippen molar-refractivity contribution < 1.29 is 4.74 Å². The molecule has 3 heterocycles. The molecule has 5 rings (SSSR count). The van der Waals surface area contributed by atoms with Gasteiger partial charge in [0.25, 0.3) is 0 Å². The third-order valence-corrected chi connectivity index (χ3v) is 8.57. The summed E-state index contributed by atoms with van der Waals surface area (Å²) in [6.45, 7) is 11.6. The van der Waals surface area contributed by atoms with Crippen LogP contribution < -0.4 is 0 Å². The number of rotatable bonds is 7. The molecular formula is C29H38N4OS. The van der Waals surface area contributed by atoms with Crippen LogP contribution >= 0.6 is 11.9 Å². The minimum atomic E-state index is 0.209. The number of hydrogen-bond acceptors (Lipinski definition) is 6. The van der Waals surface area contributed by atoms with Gasteiger partial charge in [0.2, 0.25) is 0 Å². The van der Waals surface area contributed by atoms with E-state index < -0.39 is 0 Å². The largest absolute Gasteiger partial charge is 0.376 e. The molecule has 0 saturated carbocycles. The molecule has 0 aromatic heterocycles. The molecule has 0 bridgehead atoms. The number of hydrazone groups is 1. The van der Waals surface area contributed by atoms with E-state index >= 15 is 0 Å². The summed E-state index contributed by atoms with van der Waals surface area (Å²) in [5.41, 5.74) is 7.65. The highest BCUT2D eigenvalue weighted by Gasteiger charge is 2.42. The first kappa shape index (κ1) is 24.6. The Morgan fingerprint density at radius 3 is 2.51 bits per heavy atom. The quantitative estimate of drug-likeness (QED) is 0.401. The fraction of sp³-hybridized carbons (Fsp3) is 0.483. The number of nitrogens with zero attached hydrogens (tertiary/aromatic N) is 4. The number of aryl methyl sites for hydroxylation is 2. The molecular weight excluding hydrogens is 452 g/mol. The average molecular weight is 491 g/mol. The first-order valence-electron chi connectivity index (χ1n) is 12.9. The van der Waals surface area contributed by atoms with E-state index in [0.717, 1.165) is 12.4 Å². The Morgan fingerprint density at radius 1 is 1.00 bits per heavy atom. The molecule has 6 heteroatoms. The van der Waals surface area contributed by atoms with Gasteiger partial charge in [0.15, 0.2) is 0 Å². The molecule has 2 aromatic carbocycles. The predicted molar refractivity (Wildman–Crippen MR) is 148 cm³/mol. The molecule has 2 atom stereocenters. The maximum atomic E-state index is 6.17. The van der Waals surface area contributed by atoms with Gasteiger partial charge < -0.3 is 14.5 Å². The van der Waals surface area contributed by atoms with Crippen molar-refractivity contribution in [1.82, 2.24) is 14.2 Å². The second kappa shape index (κ2) is 11.3. The lowest BCUT2D eigenvalue weighted by Crippen LogP contribution is -2.44. The van der Waals surface area contributed by atoms with Gasteiger partial charge in [0.1, 0.15) is 0 Å². The summed E-state index contributed by atoms with van der Waals surface area (Å²) < 4.78 is 8.46. The van der Waals surface area contributed by atoms with Crippen molar-refractivity contribution in [1.29, 1.82) is 0 Å². The third kappa shape index (κ3) is 5.67. The van der Waals surface area contributed by atoms with Gasteiger partial charge in [0, 0.05) is 37.5 Å². The Hall–Kier alpha value is -2.12. The number of likely N-dealkylation sites (N-methyl/N-ethyl adjacent to an activating group) is 1. The average Bonchev–Trinajstić information content (AvgIpc) is 3.24. The minimum Gasteiger partial charge on any atom is -0.376 e. The Balaban J connectivity index is 1.34. The van der Waals surface area contributed by atoms with Gasteiger partial charge in [-0.3, -0.25) is 0 Å². The Kier molecular flexibility index (Phi) is 7.93. The lowest BCUT2D eigenvalue weighted by molar-refractivity contribution is 0.113. The predicted octanol–water partition coefficient (Wildman–Crippen LogP) is 5.03. The van der Waals surface area contributed by atoms with E-state index in [4.69, 9.17) is 9.84 Å². The first-order valence-corrected chi connectivity index (χ1v) is 13.9. The van der Waals surface area contributed by atoms with Gasteiger partial charge in [-0.25, -0.2) is 4.41 Å². The second-order valence-electron chi connectivity index (χ2n) is 10.1. The number of ether oxygens (including phenoxy) is 1. The molecule has 0 N–H and O–H groups in total. The molecule has 2 unspecified atom stereocenters. The molecule has 0 aliphatic carbocycles. The SMILES string of the molecule is Cc1ccccc1C=C1COCC2C1=NN(SCCCN1CCN(C)CC1)C2c1ccccc1C. The van der Waals surface area contributed by atoms with Crippen LogP contribution in [-0.2, 0) is 4.74 Å². The van der Waals surface area contributed by atoms with Crippen LogP contribution in [0.5, 0.6) is 0 Å². The number of hydrogen-bond donors (Lipinski definition) is 0. The van der Waals surface area contributed by atoms with E-state index in [1.165, 1.54) is 72.7 Å². The van der Waals surface area contributed by atoms with Crippen LogP contribution in [0.15, 0.2) is 59.2 Å². The van der Waals surface area contributed by atoms with E-state index in [0.29, 0.717) is 6.61 Å². The molecule has 2 aromatic rings. The fourth-order valence-corrected chi connectivity index (χ4v) is 6.33. The maximum Gasteiger partial charge on any atom is 0.0950 e. The van der Waals surface area contributed by atoms with E-state index in [1.54, 1.807) is 0 Å². The monoisotopic (exact) mass is 490 g/mol. The highest BCUT2D eigenvalue weighted by molar-refractivity contribution is 7.97. The lowest BCUT2D eigenvalue weighted by Gasteiger charge is -2.32. The van der Waals surface area contributed by atoms with Crippen molar-refractivity contribution in [3.05, 3.63) is 76.4 Å². The molecule has 35 heavy (non-hydrogen) atoms. The summed E-state index contributed by atoms with van der Waals surface area (Å²) in [4.78, 5) is 5.02. The zero-order valence-corrected chi connectivity index (χ0v) is 22.1.